The highest BCUT2D eigenvalue weighted by atomic mass is 32.2. The van der Waals surface area contributed by atoms with Gasteiger partial charge in [0, 0.05) is 75.8 Å². The molecular formula is C51H99N3O6S3. The van der Waals surface area contributed by atoms with Crippen molar-refractivity contribution in [3.63, 3.8) is 0 Å². The van der Waals surface area contributed by atoms with Crippen molar-refractivity contribution in [2.24, 2.45) is 0 Å². The summed E-state index contributed by atoms with van der Waals surface area (Å²) in [5.41, 5.74) is 0. The fourth-order valence-electron chi connectivity index (χ4n) is 7.79. The van der Waals surface area contributed by atoms with Gasteiger partial charge in [-0.15, -0.1) is 0 Å². The van der Waals surface area contributed by atoms with Crippen molar-refractivity contribution in [3.05, 3.63) is 0 Å². The number of esters is 3. The summed E-state index contributed by atoms with van der Waals surface area (Å²) in [5.74, 6) is 6.16. The van der Waals surface area contributed by atoms with Gasteiger partial charge in [0.05, 0.1) is 0 Å². The molecular weight excluding hydrogens is 847 g/mol. The van der Waals surface area contributed by atoms with Crippen molar-refractivity contribution in [1.82, 2.24) is 14.7 Å². The van der Waals surface area contributed by atoms with Crippen molar-refractivity contribution in [2.45, 2.75) is 194 Å². The van der Waals surface area contributed by atoms with Gasteiger partial charge in [0.25, 0.3) is 0 Å². The quantitative estimate of drug-likeness (QED) is 0.0331. The van der Waals surface area contributed by atoms with Crippen LogP contribution in [0.15, 0.2) is 0 Å². The van der Waals surface area contributed by atoms with E-state index in [-0.39, 0.29) is 17.9 Å². The Balaban J connectivity index is 2.26. The lowest BCUT2D eigenvalue weighted by molar-refractivity contribution is -0.144. The zero-order valence-corrected chi connectivity index (χ0v) is 43.8. The van der Waals surface area contributed by atoms with Gasteiger partial charge in [-0.1, -0.05) is 117 Å². The van der Waals surface area contributed by atoms with Crippen LogP contribution >= 0.6 is 35.3 Å². The van der Waals surface area contributed by atoms with Crippen molar-refractivity contribution in [3.8, 4) is 0 Å². The Morgan fingerprint density at radius 1 is 0.381 bits per heavy atom. The maximum absolute atomic E-state index is 12.2. The molecule has 0 bridgehead atoms. The second kappa shape index (κ2) is 47.8. The lowest BCUT2D eigenvalue weighted by atomic mass is 10.1. The monoisotopic (exact) mass is 946 g/mol. The minimum absolute atomic E-state index is 0.0267. The van der Waals surface area contributed by atoms with E-state index in [2.05, 4.69) is 35.5 Å². The van der Waals surface area contributed by atoms with Gasteiger partial charge in [0.1, 0.15) is 19.8 Å². The normalized spacial score (nSPS) is 13.5. The molecule has 1 fully saturated rings. The lowest BCUT2D eigenvalue weighted by Crippen LogP contribution is -2.48. The Hall–Kier alpha value is -0.660. The molecule has 63 heavy (non-hydrogen) atoms. The summed E-state index contributed by atoms with van der Waals surface area (Å²) >= 11 is 5.71. The molecule has 9 nitrogen and oxygen atoms in total. The minimum atomic E-state index is -0.0359. The summed E-state index contributed by atoms with van der Waals surface area (Å²) in [7, 11) is 0. The van der Waals surface area contributed by atoms with Crippen LogP contribution in [-0.2, 0) is 28.6 Å². The molecule has 0 spiro atoms. The Morgan fingerprint density at radius 3 is 1.10 bits per heavy atom. The highest BCUT2D eigenvalue weighted by Crippen LogP contribution is 2.14. The SMILES string of the molecule is CCCCCCSCCOC(=O)CCCCCCN(CCCCCCC(=O)OCCSCCCCCC)CCN1CCN(CCCCCCC(=O)OCCSCCCCCC)CC1. The Bertz CT molecular complexity index is 979. The highest BCUT2D eigenvalue weighted by molar-refractivity contribution is 7.99. The third-order valence-corrected chi connectivity index (χ3v) is 15.0. The summed E-state index contributed by atoms with van der Waals surface area (Å²) in [4.78, 5) is 44.5. The van der Waals surface area contributed by atoms with Crippen LogP contribution < -0.4 is 0 Å². The van der Waals surface area contributed by atoms with Gasteiger partial charge < -0.3 is 24.0 Å². The fraction of sp³-hybridized carbons (Fsp3) is 0.941. The Morgan fingerprint density at radius 2 is 0.714 bits per heavy atom. The smallest absolute Gasteiger partial charge is 0.305 e. The largest absolute Gasteiger partial charge is 0.465 e. The number of carbonyl (C=O) groups excluding carboxylic acids is 3. The van der Waals surface area contributed by atoms with Crippen LogP contribution in [0.25, 0.3) is 0 Å². The average Bonchev–Trinajstić information content (AvgIpc) is 3.29. The molecule has 1 rings (SSSR count). The van der Waals surface area contributed by atoms with Crippen molar-refractivity contribution in [1.29, 1.82) is 0 Å². The molecule has 0 aliphatic carbocycles. The van der Waals surface area contributed by atoms with Crippen LogP contribution in [0.4, 0.5) is 0 Å². The molecule has 1 saturated heterocycles. The van der Waals surface area contributed by atoms with Crippen LogP contribution in [0.3, 0.4) is 0 Å². The van der Waals surface area contributed by atoms with E-state index in [1.165, 1.54) is 120 Å². The summed E-state index contributed by atoms with van der Waals surface area (Å²) in [6.07, 6.45) is 30.2. The third kappa shape index (κ3) is 42.4. The standard InChI is InChI=1S/C51H99N3O6S3/c1-4-7-10-25-43-61-46-40-58-49(55)28-19-13-16-22-31-52(32-23-17-14-20-29-50(56)59-41-47-62-44-26-11-8-5-2)34-37-54-38-35-53(36-39-54)33-24-18-15-21-30-51(57)60-42-48-63-45-27-12-9-6-3/h4-48H2,1-3H3. The number of ether oxygens (including phenoxy) is 3. The third-order valence-electron chi connectivity index (χ3n) is 11.9. The molecule has 0 unspecified atom stereocenters. The van der Waals surface area contributed by atoms with Crippen molar-refractivity contribution < 1.29 is 28.6 Å². The summed E-state index contributed by atoms with van der Waals surface area (Å²) in [5, 5.41) is 0. The predicted octanol–water partition coefficient (Wildman–Crippen LogP) is 12.3. The molecule has 0 aromatic rings. The molecule has 372 valence electrons. The predicted molar refractivity (Wildman–Crippen MR) is 276 cm³/mol. The molecule has 1 heterocycles. The highest BCUT2D eigenvalue weighted by Gasteiger charge is 2.17. The molecule has 0 saturated carbocycles. The zero-order chi connectivity index (χ0) is 45.5. The number of carbonyl (C=O) groups is 3. The zero-order valence-electron chi connectivity index (χ0n) is 41.3. The molecule has 1 aliphatic heterocycles. The average molecular weight is 947 g/mol. The van der Waals surface area contributed by atoms with Gasteiger partial charge in [0.15, 0.2) is 0 Å². The van der Waals surface area contributed by atoms with Gasteiger partial charge in [0.2, 0.25) is 0 Å². The van der Waals surface area contributed by atoms with E-state index in [9.17, 15) is 14.4 Å². The first kappa shape index (κ1) is 60.4. The molecule has 12 heteroatoms. The minimum Gasteiger partial charge on any atom is -0.465 e. The summed E-state index contributed by atoms with van der Waals surface area (Å²) < 4.78 is 16.4. The van der Waals surface area contributed by atoms with Crippen LogP contribution in [0.5, 0.6) is 0 Å². The summed E-state index contributed by atoms with van der Waals surface area (Å²) in [6.45, 7) is 18.5. The van der Waals surface area contributed by atoms with E-state index < -0.39 is 0 Å². The second-order valence-electron chi connectivity index (χ2n) is 17.7. The van der Waals surface area contributed by atoms with Gasteiger partial charge in [-0.05, 0) is 94.7 Å². The van der Waals surface area contributed by atoms with Gasteiger partial charge in [-0.25, -0.2) is 0 Å². The maximum atomic E-state index is 12.2. The van der Waals surface area contributed by atoms with Crippen LogP contribution in [-0.4, -0.2) is 146 Å². The molecule has 0 aromatic carbocycles. The van der Waals surface area contributed by atoms with E-state index in [1.54, 1.807) is 0 Å². The van der Waals surface area contributed by atoms with Crippen molar-refractivity contribution >= 4 is 53.2 Å². The first-order valence-electron chi connectivity index (χ1n) is 26.4. The first-order chi connectivity index (χ1) is 31.0. The van der Waals surface area contributed by atoms with Crippen LogP contribution in [0.2, 0.25) is 0 Å². The van der Waals surface area contributed by atoms with Crippen molar-refractivity contribution in [2.75, 3.05) is 113 Å². The Labute approximate surface area is 401 Å². The van der Waals surface area contributed by atoms with Crippen LogP contribution in [0, 0.1) is 0 Å². The molecule has 1 aliphatic rings. The lowest BCUT2D eigenvalue weighted by Gasteiger charge is -2.36. The molecule has 0 atom stereocenters. The van der Waals surface area contributed by atoms with E-state index in [1.807, 2.05) is 35.3 Å². The first-order valence-corrected chi connectivity index (χ1v) is 29.8. The molecule has 0 amide bonds. The fourth-order valence-corrected chi connectivity index (χ4v) is 10.2. The Kier molecular flexibility index (Phi) is 45.8. The number of unbranched alkanes of at least 4 members (excludes halogenated alkanes) is 18. The van der Waals surface area contributed by atoms with Crippen LogP contribution in [0.1, 0.15) is 194 Å². The number of hydrogen-bond acceptors (Lipinski definition) is 12. The summed E-state index contributed by atoms with van der Waals surface area (Å²) in [6, 6.07) is 0. The topological polar surface area (TPSA) is 88.6 Å². The van der Waals surface area contributed by atoms with E-state index in [0.29, 0.717) is 39.1 Å². The second-order valence-corrected chi connectivity index (χ2v) is 21.4. The maximum Gasteiger partial charge on any atom is 0.305 e. The number of rotatable bonds is 48. The molecule has 0 N–H and O–H groups in total. The van der Waals surface area contributed by atoms with Gasteiger partial charge >= 0.3 is 17.9 Å². The number of piperazine rings is 1. The number of thioether (sulfide) groups is 3. The molecule has 0 radical (unpaired) electrons. The van der Waals surface area contributed by atoms with E-state index in [4.69, 9.17) is 14.2 Å². The van der Waals surface area contributed by atoms with E-state index >= 15 is 0 Å². The number of nitrogens with zero attached hydrogens (tertiary/aromatic N) is 3. The number of hydrogen-bond donors (Lipinski definition) is 0. The van der Waals surface area contributed by atoms with E-state index in [0.717, 1.165) is 128 Å². The van der Waals surface area contributed by atoms with Gasteiger partial charge in [-0.3, -0.25) is 19.3 Å². The van der Waals surface area contributed by atoms with Gasteiger partial charge in [-0.2, -0.15) is 35.3 Å². The molecule has 0 aromatic heterocycles.